The molecule has 20 heavy (non-hydrogen) atoms. The van der Waals surface area contributed by atoms with Gasteiger partial charge in [0.25, 0.3) is 0 Å². The van der Waals surface area contributed by atoms with Crippen molar-refractivity contribution in [2.75, 3.05) is 17.2 Å². The van der Waals surface area contributed by atoms with E-state index in [2.05, 4.69) is 43.3 Å². The van der Waals surface area contributed by atoms with Gasteiger partial charge in [-0.25, -0.2) is 9.97 Å². The summed E-state index contributed by atoms with van der Waals surface area (Å²) in [6, 6.07) is 0. The molecule has 1 aliphatic carbocycles. The van der Waals surface area contributed by atoms with E-state index in [1.807, 2.05) is 0 Å². The van der Waals surface area contributed by atoms with Gasteiger partial charge in [-0.1, -0.05) is 13.8 Å². The van der Waals surface area contributed by atoms with Gasteiger partial charge in [-0.15, -0.1) is 0 Å². The van der Waals surface area contributed by atoms with E-state index in [4.69, 9.17) is 4.98 Å². The molecule has 0 bridgehead atoms. The number of rotatable bonds is 7. The molecular weight excluding hydrogens is 248 g/mol. The lowest BCUT2D eigenvalue weighted by Crippen LogP contribution is -2.42. The number of anilines is 2. The average Bonchev–Trinajstić information content (AvgIpc) is 2.39. The van der Waals surface area contributed by atoms with Crippen molar-refractivity contribution in [3.8, 4) is 0 Å². The van der Waals surface area contributed by atoms with Crippen LogP contribution in [0.15, 0.2) is 0 Å². The number of nitrogens with one attached hydrogen (secondary N) is 2. The van der Waals surface area contributed by atoms with Crippen LogP contribution >= 0.6 is 0 Å². The lowest BCUT2D eigenvalue weighted by molar-refractivity contribution is 0.305. The molecule has 0 atom stereocenters. The molecule has 1 aromatic rings. The Morgan fingerprint density at radius 1 is 1.10 bits per heavy atom. The molecule has 0 spiro atoms. The molecule has 1 saturated carbocycles. The average molecular weight is 276 g/mol. The van der Waals surface area contributed by atoms with Crippen molar-refractivity contribution in [2.45, 2.75) is 71.8 Å². The molecule has 0 aliphatic heterocycles. The predicted molar refractivity (Wildman–Crippen MR) is 85.4 cm³/mol. The topological polar surface area (TPSA) is 49.8 Å². The summed E-state index contributed by atoms with van der Waals surface area (Å²) in [4.78, 5) is 9.41. The van der Waals surface area contributed by atoms with Crippen LogP contribution < -0.4 is 10.6 Å². The van der Waals surface area contributed by atoms with Crippen LogP contribution in [0.4, 0.5) is 11.6 Å². The van der Waals surface area contributed by atoms with E-state index in [0.29, 0.717) is 0 Å². The van der Waals surface area contributed by atoms with Gasteiger partial charge < -0.3 is 10.6 Å². The van der Waals surface area contributed by atoms with Gasteiger partial charge in [0.1, 0.15) is 17.5 Å². The maximum absolute atomic E-state index is 4.74. The smallest absolute Gasteiger partial charge is 0.135 e. The lowest BCUT2D eigenvalue weighted by atomic mass is 9.78. The standard InChI is InChI=1S/C16H28N4/c1-5-8-13-18-14(17-11-6-2)12(3)15(19-13)20-16(4)9-7-10-16/h5-11H2,1-4H3,(H2,17,18,19,20). The SMILES string of the molecule is CCCNc1nc(CCC)nc(NC2(C)CCC2)c1C. The van der Waals surface area contributed by atoms with Gasteiger partial charge in [0.15, 0.2) is 0 Å². The Labute approximate surface area is 122 Å². The third-order valence-electron chi connectivity index (χ3n) is 4.09. The summed E-state index contributed by atoms with van der Waals surface area (Å²) >= 11 is 0. The maximum atomic E-state index is 4.74. The third-order valence-corrected chi connectivity index (χ3v) is 4.09. The van der Waals surface area contributed by atoms with Crippen LogP contribution in [0.2, 0.25) is 0 Å². The van der Waals surface area contributed by atoms with Crippen molar-refractivity contribution in [1.82, 2.24) is 9.97 Å². The molecule has 0 radical (unpaired) electrons. The molecule has 0 aromatic carbocycles. The Morgan fingerprint density at radius 3 is 2.35 bits per heavy atom. The van der Waals surface area contributed by atoms with Crippen molar-refractivity contribution in [3.63, 3.8) is 0 Å². The van der Waals surface area contributed by atoms with Gasteiger partial charge in [0, 0.05) is 24.1 Å². The first kappa shape index (κ1) is 15.1. The van der Waals surface area contributed by atoms with Gasteiger partial charge in [-0.2, -0.15) is 0 Å². The van der Waals surface area contributed by atoms with E-state index in [9.17, 15) is 0 Å². The summed E-state index contributed by atoms with van der Waals surface area (Å²) < 4.78 is 0. The van der Waals surface area contributed by atoms with Gasteiger partial charge in [0.05, 0.1) is 0 Å². The van der Waals surface area contributed by atoms with Crippen LogP contribution in [0, 0.1) is 6.92 Å². The quantitative estimate of drug-likeness (QED) is 0.792. The first-order valence-electron chi connectivity index (χ1n) is 7.97. The van der Waals surface area contributed by atoms with Crippen LogP contribution in [0.25, 0.3) is 0 Å². The van der Waals surface area contributed by atoms with Crippen LogP contribution in [-0.4, -0.2) is 22.1 Å². The summed E-state index contributed by atoms with van der Waals surface area (Å²) in [6.07, 6.45) is 6.90. The van der Waals surface area contributed by atoms with Gasteiger partial charge >= 0.3 is 0 Å². The predicted octanol–water partition coefficient (Wildman–Crippen LogP) is 3.91. The minimum Gasteiger partial charge on any atom is -0.370 e. The molecule has 1 aromatic heterocycles. The maximum Gasteiger partial charge on any atom is 0.135 e. The summed E-state index contributed by atoms with van der Waals surface area (Å²) in [5.74, 6) is 2.96. The highest BCUT2D eigenvalue weighted by Gasteiger charge is 2.32. The Kier molecular flexibility index (Phi) is 4.84. The number of aromatic nitrogens is 2. The third kappa shape index (κ3) is 3.41. The number of nitrogens with zero attached hydrogens (tertiary/aromatic N) is 2. The normalized spacial score (nSPS) is 16.6. The lowest BCUT2D eigenvalue weighted by Gasteiger charge is -2.40. The van der Waals surface area contributed by atoms with Gasteiger partial charge in [-0.3, -0.25) is 0 Å². The first-order valence-corrected chi connectivity index (χ1v) is 7.97. The molecule has 4 nitrogen and oxygen atoms in total. The zero-order valence-corrected chi connectivity index (χ0v) is 13.3. The zero-order valence-electron chi connectivity index (χ0n) is 13.3. The van der Waals surface area contributed by atoms with E-state index in [0.717, 1.165) is 48.8 Å². The van der Waals surface area contributed by atoms with E-state index in [1.165, 1.54) is 19.3 Å². The van der Waals surface area contributed by atoms with Crippen LogP contribution in [-0.2, 0) is 6.42 Å². The summed E-state index contributed by atoms with van der Waals surface area (Å²) in [5, 5.41) is 7.08. The van der Waals surface area contributed by atoms with E-state index in [-0.39, 0.29) is 5.54 Å². The monoisotopic (exact) mass is 276 g/mol. The molecule has 0 unspecified atom stereocenters. The minimum atomic E-state index is 0.227. The van der Waals surface area contributed by atoms with Gasteiger partial charge in [0.2, 0.25) is 0 Å². The Balaban J connectivity index is 2.25. The van der Waals surface area contributed by atoms with E-state index in [1.54, 1.807) is 0 Å². The largest absolute Gasteiger partial charge is 0.370 e. The first-order chi connectivity index (χ1) is 9.58. The van der Waals surface area contributed by atoms with Crippen molar-refractivity contribution in [2.24, 2.45) is 0 Å². The fourth-order valence-corrected chi connectivity index (χ4v) is 2.55. The van der Waals surface area contributed by atoms with Crippen LogP contribution in [0.5, 0.6) is 0 Å². The molecule has 1 heterocycles. The molecule has 1 fully saturated rings. The zero-order chi connectivity index (χ0) is 14.6. The number of hydrogen-bond acceptors (Lipinski definition) is 4. The van der Waals surface area contributed by atoms with E-state index >= 15 is 0 Å². The summed E-state index contributed by atoms with van der Waals surface area (Å²) in [5.41, 5.74) is 1.37. The molecule has 2 rings (SSSR count). The summed E-state index contributed by atoms with van der Waals surface area (Å²) in [7, 11) is 0. The van der Waals surface area contributed by atoms with E-state index < -0.39 is 0 Å². The van der Waals surface area contributed by atoms with Crippen molar-refractivity contribution in [1.29, 1.82) is 0 Å². The van der Waals surface area contributed by atoms with Crippen molar-refractivity contribution in [3.05, 3.63) is 11.4 Å². The highest BCUT2D eigenvalue weighted by atomic mass is 15.1. The highest BCUT2D eigenvalue weighted by Crippen LogP contribution is 2.35. The molecular formula is C16H28N4. The number of aryl methyl sites for hydroxylation is 1. The van der Waals surface area contributed by atoms with Crippen molar-refractivity contribution < 1.29 is 0 Å². The molecule has 1 aliphatic rings. The Bertz CT molecular complexity index is 452. The summed E-state index contributed by atoms with van der Waals surface area (Å²) in [6.45, 7) is 9.70. The second-order valence-corrected chi connectivity index (χ2v) is 6.18. The van der Waals surface area contributed by atoms with Crippen LogP contribution in [0.3, 0.4) is 0 Å². The second kappa shape index (κ2) is 6.42. The molecule has 0 saturated heterocycles. The number of hydrogen-bond donors (Lipinski definition) is 2. The second-order valence-electron chi connectivity index (χ2n) is 6.18. The minimum absolute atomic E-state index is 0.227. The fraction of sp³-hybridized carbons (Fsp3) is 0.750. The van der Waals surface area contributed by atoms with Crippen molar-refractivity contribution >= 4 is 11.6 Å². The molecule has 112 valence electrons. The highest BCUT2D eigenvalue weighted by molar-refractivity contribution is 5.58. The molecule has 0 amide bonds. The van der Waals surface area contributed by atoms with Crippen LogP contribution in [0.1, 0.15) is 64.3 Å². The fourth-order valence-electron chi connectivity index (χ4n) is 2.55. The molecule has 4 heteroatoms. The Hall–Kier alpha value is -1.32. The van der Waals surface area contributed by atoms with Gasteiger partial charge in [-0.05, 0) is 46.0 Å². The Morgan fingerprint density at radius 2 is 1.80 bits per heavy atom. The molecule has 2 N–H and O–H groups in total.